The van der Waals surface area contributed by atoms with Crippen molar-refractivity contribution in [3.8, 4) is 0 Å². The molecular weight excluding hydrogens is 222 g/mol. The molecule has 2 aliphatic carbocycles. The van der Waals surface area contributed by atoms with E-state index in [0.29, 0.717) is 0 Å². The number of hydrogen-bond donors (Lipinski definition) is 2. The van der Waals surface area contributed by atoms with Gasteiger partial charge in [-0.1, -0.05) is 57.8 Å². The molecule has 2 N–H and O–H groups in total. The van der Waals surface area contributed by atoms with Gasteiger partial charge in [-0.05, 0) is 25.7 Å². The first-order valence-electron chi connectivity index (χ1n) is 8.24. The van der Waals surface area contributed by atoms with Gasteiger partial charge in [0.25, 0.3) is 0 Å². The van der Waals surface area contributed by atoms with Crippen LogP contribution in [-0.2, 0) is 0 Å². The van der Waals surface area contributed by atoms with Gasteiger partial charge in [-0.25, -0.2) is 0 Å². The zero-order valence-corrected chi connectivity index (χ0v) is 11.9. The van der Waals surface area contributed by atoms with Gasteiger partial charge in [0.2, 0.25) is 0 Å². The second-order valence-corrected chi connectivity index (χ2v) is 6.56. The van der Waals surface area contributed by atoms with Crippen LogP contribution in [0.4, 0.5) is 0 Å². The lowest BCUT2D eigenvalue weighted by Crippen LogP contribution is -2.41. The van der Waals surface area contributed by atoms with E-state index in [9.17, 15) is 5.11 Å². The molecule has 18 heavy (non-hydrogen) atoms. The van der Waals surface area contributed by atoms with E-state index in [1.807, 2.05) is 0 Å². The van der Waals surface area contributed by atoms with Crippen molar-refractivity contribution < 1.29 is 5.11 Å². The third-order valence-corrected chi connectivity index (χ3v) is 4.58. The maximum Gasteiger partial charge on any atom is 0.0771 e. The fourth-order valence-electron chi connectivity index (χ4n) is 3.07. The molecule has 0 aromatic rings. The van der Waals surface area contributed by atoms with Crippen LogP contribution < -0.4 is 5.32 Å². The van der Waals surface area contributed by atoms with Gasteiger partial charge in [0, 0.05) is 12.6 Å². The zero-order valence-electron chi connectivity index (χ0n) is 11.9. The monoisotopic (exact) mass is 253 g/mol. The van der Waals surface area contributed by atoms with Gasteiger partial charge in [-0.15, -0.1) is 0 Å². The smallest absolute Gasteiger partial charge is 0.0771 e. The predicted molar refractivity (Wildman–Crippen MR) is 76.8 cm³/mol. The average molecular weight is 253 g/mol. The molecule has 2 nitrogen and oxygen atoms in total. The van der Waals surface area contributed by atoms with Crippen molar-refractivity contribution in [2.24, 2.45) is 0 Å². The van der Waals surface area contributed by atoms with Crippen LogP contribution in [-0.4, -0.2) is 23.3 Å². The van der Waals surface area contributed by atoms with Crippen LogP contribution in [0.25, 0.3) is 0 Å². The van der Waals surface area contributed by atoms with Crippen LogP contribution in [0, 0.1) is 0 Å². The first-order chi connectivity index (χ1) is 8.79. The molecule has 0 aromatic carbocycles. The van der Waals surface area contributed by atoms with E-state index >= 15 is 0 Å². The highest BCUT2D eigenvalue weighted by Crippen LogP contribution is 2.26. The molecule has 0 spiro atoms. The Bertz CT molecular complexity index is 213. The summed E-state index contributed by atoms with van der Waals surface area (Å²) in [4.78, 5) is 0. The minimum atomic E-state index is -0.415. The van der Waals surface area contributed by atoms with Crippen molar-refractivity contribution in [3.05, 3.63) is 0 Å². The molecule has 0 saturated heterocycles. The van der Waals surface area contributed by atoms with E-state index in [1.165, 1.54) is 70.6 Å². The van der Waals surface area contributed by atoms with Crippen molar-refractivity contribution >= 4 is 0 Å². The molecular formula is C16H31NO. The maximum absolute atomic E-state index is 10.8. The first-order valence-corrected chi connectivity index (χ1v) is 8.24. The highest BCUT2D eigenvalue weighted by molar-refractivity contribution is 4.87. The van der Waals surface area contributed by atoms with Gasteiger partial charge in [0.15, 0.2) is 0 Å². The third kappa shape index (κ3) is 5.71. The van der Waals surface area contributed by atoms with E-state index in [2.05, 4.69) is 5.32 Å². The lowest BCUT2D eigenvalue weighted by molar-refractivity contribution is 0.0176. The van der Waals surface area contributed by atoms with E-state index in [4.69, 9.17) is 0 Å². The van der Waals surface area contributed by atoms with Crippen molar-refractivity contribution in [2.45, 2.75) is 95.1 Å². The summed E-state index contributed by atoms with van der Waals surface area (Å²) in [6.45, 7) is 0.831. The Morgan fingerprint density at radius 1 is 0.778 bits per heavy atom. The van der Waals surface area contributed by atoms with Crippen LogP contribution in [0.5, 0.6) is 0 Å². The fraction of sp³-hybridized carbons (Fsp3) is 1.00. The van der Waals surface area contributed by atoms with Crippen molar-refractivity contribution in [2.75, 3.05) is 6.54 Å². The Balaban J connectivity index is 1.75. The molecule has 0 aliphatic heterocycles. The summed E-state index contributed by atoms with van der Waals surface area (Å²) < 4.78 is 0. The number of hydrogen-bond acceptors (Lipinski definition) is 2. The van der Waals surface area contributed by atoms with E-state index in [0.717, 1.165) is 25.4 Å². The zero-order chi connectivity index (χ0) is 12.7. The molecule has 0 heterocycles. The largest absolute Gasteiger partial charge is 0.389 e. The molecule has 0 atom stereocenters. The van der Waals surface area contributed by atoms with Crippen LogP contribution in [0.1, 0.15) is 83.5 Å². The van der Waals surface area contributed by atoms with Crippen molar-refractivity contribution in [3.63, 3.8) is 0 Å². The summed E-state index contributed by atoms with van der Waals surface area (Å²) in [5.74, 6) is 0. The second kappa shape index (κ2) is 7.49. The van der Waals surface area contributed by atoms with Crippen LogP contribution in [0.15, 0.2) is 0 Å². The number of nitrogens with one attached hydrogen (secondary N) is 1. The topological polar surface area (TPSA) is 32.3 Å². The van der Waals surface area contributed by atoms with Crippen molar-refractivity contribution in [1.82, 2.24) is 5.32 Å². The Hall–Kier alpha value is -0.0800. The van der Waals surface area contributed by atoms with Crippen molar-refractivity contribution in [1.29, 1.82) is 0 Å². The second-order valence-electron chi connectivity index (χ2n) is 6.56. The Morgan fingerprint density at radius 2 is 1.22 bits per heavy atom. The van der Waals surface area contributed by atoms with Crippen LogP contribution in [0.2, 0.25) is 0 Å². The standard InChI is InChI=1S/C16H31NO/c18-16(14-17-15-10-11-15)12-8-6-4-2-1-3-5-7-9-13-16/h15,17-18H,1-14H2. The van der Waals surface area contributed by atoms with Crippen LogP contribution in [0.3, 0.4) is 0 Å². The Kier molecular flexibility index (Phi) is 5.97. The van der Waals surface area contributed by atoms with Gasteiger partial charge >= 0.3 is 0 Å². The van der Waals surface area contributed by atoms with Gasteiger partial charge in [-0.3, -0.25) is 0 Å². The highest BCUT2D eigenvalue weighted by atomic mass is 16.3. The molecule has 0 amide bonds. The summed E-state index contributed by atoms with van der Waals surface area (Å²) >= 11 is 0. The summed E-state index contributed by atoms with van der Waals surface area (Å²) in [5.41, 5.74) is -0.415. The molecule has 2 fully saturated rings. The molecule has 0 radical (unpaired) electrons. The summed E-state index contributed by atoms with van der Waals surface area (Å²) in [6, 6.07) is 0.718. The Morgan fingerprint density at radius 3 is 1.67 bits per heavy atom. The van der Waals surface area contributed by atoms with Crippen LogP contribution >= 0.6 is 0 Å². The lowest BCUT2D eigenvalue weighted by Gasteiger charge is -2.29. The van der Waals surface area contributed by atoms with Gasteiger partial charge in [-0.2, -0.15) is 0 Å². The molecule has 0 unspecified atom stereocenters. The molecule has 106 valence electrons. The highest BCUT2D eigenvalue weighted by Gasteiger charge is 2.29. The first kappa shape index (κ1) is 14.3. The van der Waals surface area contributed by atoms with Gasteiger partial charge in [0.1, 0.15) is 0 Å². The normalized spacial score (nSPS) is 27.2. The summed E-state index contributed by atoms with van der Waals surface area (Å²) in [6.07, 6.45) is 16.7. The van der Waals surface area contributed by atoms with E-state index in [-0.39, 0.29) is 0 Å². The molecule has 0 aromatic heterocycles. The molecule has 2 heteroatoms. The average Bonchev–Trinajstić information content (AvgIpc) is 3.16. The SMILES string of the molecule is OC1(CNC2CC2)CCCCCCCCCCC1. The molecule has 2 rings (SSSR count). The number of aliphatic hydroxyl groups is 1. The minimum Gasteiger partial charge on any atom is -0.389 e. The van der Waals surface area contributed by atoms with E-state index in [1.54, 1.807) is 0 Å². The predicted octanol–water partition coefficient (Wildman–Crippen LogP) is 3.77. The quantitative estimate of drug-likeness (QED) is 0.802. The Labute approximate surface area is 113 Å². The van der Waals surface area contributed by atoms with Gasteiger partial charge in [0.05, 0.1) is 5.60 Å². The molecule has 0 bridgehead atoms. The maximum atomic E-state index is 10.8. The molecule has 2 saturated carbocycles. The summed E-state index contributed by atoms with van der Waals surface area (Å²) in [7, 11) is 0. The minimum absolute atomic E-state index is 0.415. The summed E-state index contributed by atoms with van der Waals surface area (Å²) in [5, 5.41) is 14.3. The number of rotatable bonds is 3. The van der Waals surface area contributed by atoms with Gasteiger partial charge < -0.3 is 10.4 Å². The van der Waals surface area contributed by atoms with E-state index < -0.39 is 5.60 Å². The fourth-order valence-corrected chi connectivity index (χ4v) is 3.07. The lowest BCUT2D eigenvalue weighted by atomic mass is 9.88. The molecule has 2 aliphatic rings. The third-order valence-electron chi connectivity index (χ3n) is 4.58.